The van der Waals surface area contributed by atoms with Crippen LogP contribution in [0.25, 0.3) is 10.8 Å². The van der Waals surface area contributed by atoms with Crippen LogP contribution in [0.3, 0.4) is 0 Å². The van der Waals surface area contributed by atoms with Gasteiger partial charge in [-0.2, -0.15) is 0 Å². The number of hydrogen-bond donors (Lipinski definition) is 0. The van der Waals surface area contributed by atoms with Gasteiger partial charge in [0, 0.05) is 27.4 Å². The number of rotatable bonds is 3. The monoisotopic (exact) mass is 302 g/mol. The molecular weight excluding hydrogens is 292 g/mol. The molecule has 3 rings (SSSR count). The SMILES string of the molecule is COc1csc(C(=O)c2ccc(Cl)c3ccccc23)c1. The minimum Gasteiger partial charge on any atom is -0.496 e. The summed E-state index contributed by atoms with van der Waals surface area (Å²) in [6.07, 6.45) is 0. The van der Waals surface area contributed by atoms with E-state index in [0.29, 0.717) is 21.2 Å². The fourth-order valence-electron chi connectivity index (χ4n) is 2.14. The van der Waals surface area contributed by atoms with E-state index in [2.05, 4.69) is 0 Å². The summed E-state index contributed by atoms with van der Waals surface area (Å²) in [6, 6.07) is 13.0. The largest absolute Gasteiger partial charge is 0.496 e. The van der Waals surface area contributed by atoms with E-state index in [1.54, 1.807) is 25.3 Å². The molecule has 0 radical (unpaired) electrons. The molecular formula is C16H11ClO2S. The second-order valence-corrected chi connectivity index (χ2v) is 5.64. The lowest BCUT2D eigenvalue weighted by molar-refractivity contribution is 0.104. The molecule has 100 valence electrons. The third kappa shape index (κ3) is 2.19. The third-order valence-electron chi connectivity index (χ3n) is 3.15. The second kappa shape index (κ2) is 5.27. The number of methoxy groups -OCH3 is 1. The maximum Gasteiger partial charge on any atom is 0.203 e. The average molecular weight is 303 g/mol. The highest BCUT2D eigenvalue weighted by molar-refractivity contribution is 7.12. The molecule has 20 heavy (non-hydrogen) atoms. The molecule has 0 spiro atoms. The molecule has 4 heteroatoms. The quantitative estimate of drug-likeness (QED) is 0.650. The van der Waals surface area contributed by atoms with Gasteiger partial charge in [0.15, 0.2) is 0 Å². The predicted molar refractivity (Wildman–Crippen MR) is 83.3 cm³/mol. The standard InChI is InChI=1S/C16H11ClO2S/c1-19-10-8-15(20-9-10)16(18)13-6-7-14(17)12-5-3-2-4-11(12)13/h2-9H,1H3. The van der Waals surface area contributed by atoms with Crippen LogP contribution in [-0.4, -0.2) is 12.9 Å². The first-order chi connectivity index (χ1) is 9.70. The van der Waals surface area contributed by atoms with Crippen LogP contribution in [0.4, 0.5) is 0 Å². The predicted octanol–water partition coefficient (Wildman–Crippen LogP) is 4.79. The smallest absolute Gasteiger partial charge is 0.203 e. The van der Waals surface area contributed by atoms with Crippen molar-refractivity contribution in [3.8, 4) is 5.75 Å². The molecule has 2 nitrogen and oxygen atoms in total. The van der Waals surface area contributed by atoms with Gasteiger partial charge in [0.25, 0.3) is 0 Å². The van der Waals surface area contributed by atoms with Crippen molar-refractivity contribution < 1.29 is 9.53 Å². The van der Waals surface area contributed by atoms with Gasteiger partial charge in [0.2, 0.25) is 5.78 Å². The zero-order valence-corrected chi connectivity index (χ0v) is 12.3. The molecule has 0 unspecified atom stereocenters. The van der Waals surface area contributed by atoms with E-state index in [1.165, 1.54) is 11.3 Å². The third-order valence-corrected chi connectivity index (χ3v) is 4.39. The number of carbonyl (C=O) groups is 1. The van der Waals surface area contributed by atoms with Crippen molar-refractivity contribution in [2.45, 2.75) is 0 Å². The van der Waals surface area contributed by atoms with E-state index in [-0.39, 0.29) is 5.78 Å². The number of benzene rings is 2. The van der Waals surface area contributed by atoms with Gasteiger partial charge in [-0.15, -0.1) is 11.3 Å². The fraction of sp³-hybridized carbons (Fsp3) is 0.0625. The summed E-state index contributed by atoms with van der Waals surface area (Å²) in [5.41, 5.74) is 0.662. The molecule has 0 atom stereocenters. The van der Waals surface area contributed by atoms with Gasteiger partial charge in [-0.3, -0.25) is 4.79 Å². The Hall–Kier alpha value is -1.84. The molecule has 0 N–H and O–H groups in total. The van der Waals surface area contributed by atoms with Crippen LogP contribution in [0, 0.1) is 0 Å². The molecule has 0 amide bonds. The summed E-state index contributed by atoms with van der Waals surface area (Å²) in [5, 5.41) is 4.24. The number of hydrogen-bond acceptors (Lipinski definition) is 3. The zero-order valence-electron chi connectivity index (χ0n) is 10.7. The summed E-state index contributed by atoms with van der Waals surface area (Å²) in [6.45, 7) is 0. The highest BCUT2D eigenvalue weighted by atomic mass is 35.5. The van der Waals surface area contributed by atoms with Gasteiger partial charge >= 0.3 is 0 Å². The first-order valence-corrected chi connectivity index (χ1v) is 7.31. The molecule has 1 heterocycles. The molecule has 0 fully saturated rings. The van der Waals surface area contributed by atoms with Crippen LogP contribution in [0.5, 0.6) is 5.75 Å². The Morgan fingerprint density at radius 3 is 2.60 bits per heavy atom. The lowest BCUT2D eigenvalue weighted by atomic mass is 10.0. The number of ketones is 1. The lowest BCUT2D eigenvalue weighted by Gasteiger charge is -2.06. The summed E-state index contributed by atoms with van der Waals surface area (Å²) in [4.78, 5) is 13.3. The number of carbonyl (C=O) groups excluding carboxylic acids is 1. The van der Waals surface area contributed by atoms with Gasteiger partial charge in [-0.05, 0) is 17.5 Å². The summed E-state index contributed by atoms with van der Waals surface area (Å²) in [5.74, 6) is 0.697. The lowest BCUT2D eigenvalue weighted by Crippen LogP contribution is -1.99. The van der Waals surface area contributed by atoms with Crippen molar-refractivity contribution in [2.24, 2.45) is 0 Å². The normalized spacial score (nSPS) is 10.7. The van der Waals surface area contributed by atoms with Gasteiger partial charge in [-0.25, -0.2) is 0 Å². The Morgan fingerprint density at radius 2 is 1.90 bits per heavy atom. The van der Waals surface area contributed by atoms with E-state index in [1.807, 2.05) is 29.6 Å². The fourth-order valence-corrected chi connectivity index (χ4v) is 3.17. The van der Waals surface area contributed by atoms with E-state index < -0.39 is 0 Å². The summed E-state index contributed by atoms with van der Waals surface area (Å²) < 4.78 is 5.12. The molecule has 0 bridgehead atoms. The zero-order chi connectivity index (χ0) is 14.1. The van der Waals surface area contributed by atoms with E-state index in [0.717, 1.165) is 10.8 Å². The molecule has 0 aliphatic heterocycles. The van der Waals surface area contributed by atoms with Crippen molar-refractivity contribution in [3.05, 3.63) is 63.3 Å². The van der Waals surface area contributed by atoms with Crippen molar-refractivity contribution in [3.63, 3.8) is 0 Å². The van der Waals surface area contributed by atoms with Crippen LogP contribution >= 0.6 is 22.9 Å². The van der Waals surface area contributed by atoms with Gasteiger partial charge < -0.3 is 4.74 Å². The van der Waals surface area contributed by atoms with Crippen molar-refractivity contribution in [1.82, 2.24) is 0 Å². The first-order valence-electron chi connectivity index (χ1n) is 6.05. The maximum absolute atomic E-state index is 12.6. The van der Waals surface area contributed by atoms with Crippen molar-refractivity contribution >= 4 is 39.5 Å². The average Bonchev–Trinajstić information content (AvgIpc) is 2.96. The highest BCUT2D eigenvalue weighted by Gasteiger charge is 2.15. The maximum atomic E-state index is 12.6. The number of halogens is 1. The minimum atomic E-state index is -0.00818. The van der Waals surface area contributed by atoms with Crippen LogP contribution in [-0.2, 0) is 0 Å². The molecule has 2 aromatic carbocycles. The van der Waals surface area contributed by atoms with Crippen LogP contribution in [0.15, 0.2) is 47.8 Å². The van der Waals surface area contributed by atoms with Gasteiger partial charge in [0.1, 0.15) is 5.75 Å². The summed E-state index contributed by atoms with van der Waals surface area (Å²) in [7, 11) is 1.59. The van der Waals surface area contributed by atoms with E-state index >= 15 is 0 Å². The molecule has 0 aliphatic rings. The Kier molecular flexibility index (Phi) is 3.47. The molecule has 0 aliphatic carbocycles. The van der Waals surface area contributed by atoms with Gasteiger partial charge in [0.05, 0.1) is 12.0 Å². The summed E-state index contributed by atoms with van der Waals surface area (Å²) >= 11 is 7.56. The Morgan fingerprint density at radius 1 is 1.15 bits per heavy atom. The van der Waals surface area contributed by atoms with E-state index in [9.17, 15) is 4.79 Å². The Bertz CT molecular complexity index is 792. The molecule has 0 saturated carbocycles. The first kappa shape index (κ1) is 13.2. The number of ether oxygens (including phenoxy) is 1. The van der Waals surface area contributed by atoms with Gasteiger partial charge in [-0.1, -0.05) is 35.9 Å². The van der Waals surface area contributed by atoms with Crippen molar-refractivity contribution in [1.29, 1.82) is 0 Å². The molecule has 1 aromatic heterocycles. The minimum absolute atomic E-state index is 0.00818. The Labute approximate surface area is 125 Å². The number of thiophene rings is 1. The molecule has 3 aromatic rings. The van der Waals surface area contributed by atoms with E-state index in [4.69, 9.17) is 16.3 Å². The Balaban J connectivity index is 2.14. The molecule has 0 saturated heterocycles. The second-order valence-electron chi connectivity index (χ2n) is 4.32. The van der Waals surface area contributed by atoms with Crippen LogP contribution in [0.2, 0.25) is 5.02 Å². The van der Waals surface area contributed by atoms with Crippen LogP contribution in [0.1, 0.15) is 15.2 Å². The topological polar surface area (TPSA) is 26.3 Å². The van der Waals surface area contributed by atoms with Crippen LogP contribution < -0.4 is 4.74 Å². The number of fused-ring (bicyclic) bond motifs is 1. The highest BCUT2D eigenvalue weighted by Crippen LogP contribution is 2.30. The van der Waals surface area contributed by atoms with Crippen molar-refractivity contribution in [2.75, 3.05) is 7.11 Å².